The van der Waals surface area contributed by atoms with E-state index in [0.717, 1.165) is 33.7 Å². The maximum Gasteiger partial charge on any atom is 0.234 e. The Labute approximate surface area is 142 Å². The fourth-order valence-electron chi connectivity index (χ4n) is 2.54. The molecule has 0 atom stereocenters. The van der Waals surface area contributed by atoms with Crippen LogP contribution in [0.1, 0.15) is 5.69 Å². The topological polar surface area (TPSA) is 64.3 Å². The van der Waals surface area contributed by atoms with Gasteiger partial charge >= 0.3 is 0 Å². The Hall–Kier alpha value is -2.93. The van der Waals surface area contributed by atoms with Gasteiger partial charge in [-0.05, 0) is 37.3 Å². The van der Waals surface area contributed by atoms with E-state index < -0.39 is 0 Å². The fraction of sp³-hybridized carbons (Fsp3) is 0.118. The van der Waals surface area contributed by atoms with Crippen LogP contribution in [0.4, 0.5) is 10.8 Å². The molecule has 0 saturated heterocycles. The van der Waals surface area contributed by atoms with Crippen molar-refractivity contribution in [2.45, 2.75) is 6.92 Å². The van der Waals surface area contributed by atoms with Gasteiger partial charge in [0, 0.05) is 23.5 Å². The van der Waals surface area contributed by atoms with Crippen LogP contribution >= 0.6 is 11.3 Å². The van der Waals surface area contributed by atoms with Gasteiger partial charge in [0.2, 0.25) is 5.78 Å². The number of aryl methyl sites for hydroxylation is 1. The van der Waals surface area contributed by atoms with Gasteiger partial charge in [0.05, 0.1) is 18.5 Å². The first-order valence-corrected chi connectivity index (χ1v) is 8.29. The summed E-state index contributed by atoms with van der Waals surface area (Å²) in [5.41, 5.74) is 3.73. The molecule has 0 amide bonds. The second-order valence-electron chi connectivity index (χ2n) is 5.23. The van der Waals surface area contributed by atoms with Crippen molar-refractivity contribution in [3.63, 3.8) is 0 Å². The predicted molar refractivity (Wildman–Crippen MR) is 95.1 cm³/mol. The zero-order valence-corrected chi connectivity index (χ0v) is 14.0. The summed E-state index contributed by atoms with van der Waals surface area (Å²) in [7, 11) is 1.66. The normalized spacial score (nSPS) is 10.9. The summed E-state index contributed by atoms with van der Waals surface area (Å²) in [5, 5.41) is 6.16. The summed E-state index contributed by atoms with van der Waals surface area (Å²) in [6, 6.07) is 9.64. The molecule has 7 heteroatoms. The van der Waals surface area contributed by atoms with Crippen LogP contribution in [0.15, 0.2) is 48.1 Å². The van der Waals surface area contributed by atoms with Crippen molar-refractivity contribution in [3.8, 4) is 17.1 Å². The van der Waals surface area contributed by atoms with Crippen molar-refractivity contribution in [3.05, 3.63) is 53.8 Å². The second kappa shape index (κ2) is 5.93. The van der Waals surface area contributed by atoms with Crippen molar-refractivity contribution in [2.75, 3.05) is 12.4 Å². The van der Waals surface area contributed by atoms with Gasteiger partial charge in [-0.25, -0.2) is 15.0 Å². The third-order valence-electron chi connectivity index (χ3n) is 3.67. The second-order valence-corrected chi connectivity index (χ2v) is 6.09. The van der Waals surface area contributed by atoms with Gasteiger partial charge in [-0.15, -0.1) is 11.3 Å². The van der Waals surface area contributed by atoms with E-state index in [1.165, 1.54) is 0 Å². The first kappa shape index (κ1) is 14.6. The molecule has 1 N–H and O–H groups in total. The molecule has 3 heterocycles. The summed E-state index contributed by atoms with van der Waals surface area (Å²) >= 11 is 1.55. The van der Waals surface area contributed by atoms with E-state index in [9.17, 15) is 0 Å². The van der Waals surface area contributed by atoms with Gasteiger partial charge in [0.1, 0.15) is 11.4 Å². The van der Waals surface area contributed by atoms with E-state index in [-0.39, 0.29) is 0 Å². The van der Waals surface area contributed by atoms with Crippen LogP contribution < -0.4 is 10.1 Å². The van der Waals surface area contributed by atoms with Crippen LogP contribution in [0, 0.1) is 6.92 Å². The van der Waals surface area contributed by atoms with E-state index >= 15 is 0 Å². The smallest absolute Gasteiger partial charge is 0.234 e. The van der Waals surface area contributed by atoms with Gasteiger partial charge in [0.25, 0.3) is 0 Å². The Morgan fingerprint density at radius 2 is 2.00 bits per heavy atom. The van der Waals surface area contributed by atoms with E-state index in [4.69, 9.17) is 4.74 Å². The number of rotatable bonds is 4. The predicted octanol–water partition coefficient (Wildman–Crippen LogP) is 3.91. The molecule has 6 nitrogen and oxygen atoms in total. The highest BCUT2D eigenvalue weighted by atomic mass is 32.1. The number of nitrogens with zero attached hydrogens (tertiary/aromatic N) is 4. The lowest BCUT2D eigenvalue weighted by atomic mass is 10.3. The minimum absolute atomic E-state index is 0.683. The molecule has 0 aliphatic carbocycles. The van der Waals surface area contributed by atoms with Crippen molar-refractivity contribution in [1.29, 1.82) is 0 Å². The number of hydrogen-bond donors (Lipinski definition) is 1. The number of benzene rings is 1. The van der Waals surface area contributed by atoms with E-state index in [0.29, 0.717) is 5.78 Å². The first-order chi connectivity index (χ1) is 11.7. The quantitative estimate of drug-likeness (QED) is 0.611. The minimum atomic E-state index is 0.683. The average molecular weight is 337 g/mol. The number of aromatic nitrogens is 4. The fourth-order valence-corrected chi connectivity index (χ4v) is 3.26. The van der Waals surface area contributed by atoms with Crippen LogP contribution in [0.5, 0.6) is 5.75 Å². The molecule has 0 fully saturated rings. The highest BCUT2D eigenvalue weighted by Crippen LogP contribution is 2.29. The molecule has 0 spiro atoms. The summed E-state index contributed by atoms with van der Waals surface area (Å²) in [5.74, 6) is 1.51. The molecular weight excluding hydrogens is 322 g/mol. The Morgan fingerprint density at radius 1 is 1.17 bits per heavy atom. The van der Waals surface area contributed by atoms with Gasteiger partial charge < -0.3 is 10.1 Å². The zero-order valence-electron chi connectivity index (χ0n) is 13.2. The van der Waals surface area contributed by atoms with Crippen molar-refractivity contribution in [1.82, 2.24) is 19.4 Å². The van der Waals surface area contributed by atoms with Crippen molar-refractivity contribution < 1.29 is 4.74 Å². The largest absolute Gasteiger partial charge is 0.497 e. The Balaban J connectivity index is 1.65. The number of methoxy groups -OCH3 is 1. The van der Waals surface area contributed by atoms with E-state index in [1.54, 1.807) is 24.6 Å². The summed E-state index contributed by atoms with van der Waals surface area (Å²) < 4.78 is 7.13. The highest BCUT2D eigenvalue weighted by molar-refractivity contribution is 7.14. The summed E-state index contributed by atoms with van der Waals surface area (Å²) in [6.07, 6.45) is 3.69. The molecule has 0 aliphatic rings. The maximum atomic E-state index is 5.17. The lowest BCUT2D eigenvalue weighted by Crippen LogP contribution is -1.92. The SMILES string of the molecule is COc1ccc(Nc2nc(-c3c(C)nc4ncccn34)cs2)cc1. The van der Waals surface area contributed by atoms with Crippen LogP contribution in [0.2, 0.25) is 0 Å². The maximum absolute atomic E-state index is 5.17. The minimum Gasteiger partial charge on any atom is -0.497 e. The number of hydrogen-bond acceptors (Lipinski definition) is 6. The molecule has 0 aliphatic heterocycles. The monoisotopic (exact) mass is 337 g/mol. The molecule has 24 heavy (non-hydrogen) atoms. The highest BCUT2D eigenvalue weighted by Gasteiger charge is 2.14. The van der Waals surface area contributed by atoms with Crippen LogP contribution in [-0.4, -0.2) is 26.5 Å². The number of imidazole rings is 1. The molecule has 3 aromatic heterocycles. The Morgan fingerprint density at radius 3 is 2.79 bits per heavy atom. The molecule has 0 unspecified atom stereocenters. The molecular formula is C17H15N5OS. The molecule has 0 bridgehead atoms. The van der Waals surface area contributed by atoms with Gasteiger partial charge in [-0.2, -0.15) is 0 Å². The number of thiazole rings is 1. The van der Waals surface area contributed by atoms with Gasteiger partial charge in [0.15, 0.2) is 5.13 Å². The lowest BCUT2D eigenvalue weighted by Gasteiger charge is -2.04. The van der Waals surface area contributed by atoms with Gasteiger partial charge in [-0.1, -0.05) is 0 Å². The Bertz CT molecular complexity index is 990. The van der Waals surface area contributed by atoms with E-state index in [2.05, 4.69) is 20.3 Å². The summed E-state index contributed by atoms with van der Waals surface area (Å²) in [4.78, 5) is 13.5. The molecule has 120 valence electrons. The van der Waals surface area contributed by atoms with E-state index in [1.807, 2.05) is 53.2 Å². The standard InChI is InChI=1S/C17H15N5OS/c1-11-15(22-9-3-8-18-16(22)19-11)14-10-24-17(21-14)20-12-4-6-13(23-2)7-5-12/h3-10H,1-2H3,(H,20,21). The number of fused-ring (bicyclic) bond motifs is 1. The number of nitrogens with one attached hydrogen (secondary N) is 1. The third kappa shape index (κ3) is 2.59. The van der Waals surface area contributed by atoms with Crippen molar-refractivity contribution in [2.24, 2.45) is 0 Å². The lowest BCUT2D eigenvalue weighted by molar-refractivity contribution is 0.415. The van der Waals surface area contributed by atoms with Crippen LogP contribution in [-0.2, 0) is 0 Å². The van der Waals surface area contributed by atoms with Crippen LogP contribution in [0.25, 0.3) is 17.2 Å². The number of ether oxygens (including phenoxy) is 1. The molecule has 4 rings (SSSR count). The molecule has 0 radical (unpaired) electrons. The average Bonchev–Trinajstić information content (AvgIpc) is 3.18. The first-order valence-electron chi connectivity index (χ1n) is 7.41. The Kier molecular flexibility index (Phi) is 3.62. The zero-order chi connectivity index (χ0) is 16.5. The molecule has 0 saturated carbocycles. The van der Waals surface area contributed by atoms with Gasteiger partial charge in [-0.3, -0.25) is 4.40 Å². The molecule has 1 aromatic carbocycles. The van der Waals surface area contributed by atoms with Crippen LogP contribution in [0.3, 0.4) is 0 Å². The number of anilines is 2. The summed E-state index contributed by atoms with van der Waals surface area (Å²) in [6.45, 7) is 1.97. The molecule has 4 aromatic rings. The van der Waals surface area contributed by atoms with Crippen molar-refractivity contribution >= 4 is 27.9 Å². The third-order valence-corrected chi connectivity index (χ3v) is 4.42.